The van der Waals surface area contributed by atoms with E-state index in [0.29, 0.717) is 17.9 Å². The molecule has 0 spiro atoms. The highest BCUT2D eigenvalue weighted by Crippen LogP contribution is 2.28. The van der Waals surface area contributed by atoms with Crippen molar-refractivity contribution < 1.29 is 9.53 Å². The van der Waals surface area contributed by atoms with Gasteiger partial charge in [0.25, 0.3) is 6.47 Å². The van der Waals surface area contributed by atoms with E-state index < -0.39 is 0 Å². The molecule has 0 aliphatic rings. The van der Waals surface area contributed by atoms with Crippen LogP contribution in [0.5, 0.6) is 5.75 Å². The molecule has 3 nitrogen and oxygen atoms in total. The SMILES string of the molecule is Nc1cc(OC=O)c2ccccc2c1. The summed E-state index contributed by atoms with van der Waals surface area (Å²) in [6, 6.07) is 11.1. The van der Waals surface area contributed by atoms with E-state index in [4.69, 9.17) is 10.5 Å². The molecule has 0 radical (unpaired) electrons. The molecule has 3 heteroatoms. The van der Waals surface area contributed by atoms with E-state index in [1.165, 1.54) is 0 Å². The summed E-state index contributed by atoms with van der Waals surface area (Å²) < 4.78 is 4.84. The summed E-state index contributed by atoms with van der Waals surface area (Å²) in [4.78, 5) is 10.3. The molecule has 0 atom stereocenters. The Morgan fingerprint density at radius 1 is 1.21 bits per heavy atom. The number of nitrogens with two attached hydrogens (primary N) is 1. The molecule has 2 aromatic rings. The van der Waals surface area contributed by atoms with Crippen LogP contribution in [0.3, 0.4) is 0 Å². The van der Waals surface area contributed by atoms with Crippen LogP contribution in [0.25, 0.3) is 10.8 Å². The highest BCUT2D eigenvalue weighted by molar-refractivity contribution is 5.91. The minimum Gasteiger partial charge on any atom is -0.428 e. The van der Waals surface area contributed by atoms with Crippen molar-refractivity contribution in [1.29, 1.82) is 0 Å². The van der Waals surface area contributed by atoms with Crippen molar-refractivity contribution in [2.24, 2.45) is 0 Å². The fraction of sp³-hybridized carbons (Fsp3) is 0. The predicted molar refractivity (Wildman–Crippen MR) is 55.1 cm³/mol. The first-order valence-electron chi connectivity index (χ1n) is 4.20. The smallest absolute Gasteiger partial charge is 0.298 e. The van der Waals surface area contributed by atoms with Gasteiger partial charge in [-0.25, -0.2) is 0 Å². The molecule has 0 aromatic heterocycles. The van der Waals surface area contributed by atoms with Gasteiger partial charge in [-0.2, -0.15) is 0 Å². The number of ether oxygens (including phenoxy) is 1. The van der Waals surface area contributed by atoms with Crippen LogP contribution in [0.15, 0.2) is 36.4 Å². The molecule has 2 rings (SSSR count). The van der Waals surface area contributed by atoms with E-state index in [1.807, 2.05) is 30.3 Å². The highest BCUT2D eigenvalue weighted by atomic mass is 16.5. The van der Waals surface area contributed by atoms with Crippen LogP contribution in [-0.2, 0) is 4.79 Å². The van der Waals surface area contributed by atoms with Crippen LogP contribution in [0, 0.1) is 0 Å². The number of hydrogen-bond acceptors (Lipinski definition) is 3. The lowest BCUT2D eigenvalue weighted by molar-refractivity contribution is -0.120. The zero-order valence-corrected chi connectivity index (χ0v) is 7.44. The largest absolute Gasteiger partial charge is 0.428 e. The number of fused-ring (bicyclic) bond motifs is 1. The van der Waals surface area contributed by atoms with Crippen LogP contribution < -0.4 is 10.5 Å². The average Bonchev–Trinajstić information content (AvgIpc) is 2.18. The Kier molecular flexibility index (Phi) is 2.07. The monoisotopic (exact) mass is 187 g/mol. The second-order valence-corrected chi connectivity index (χ2v) is 2.95. The van der Waals surface area contributed by atoms with Gasteiger partial charge >= 0.3 is 0 Å². The Labute approximate surface area is 81.1 Å². The standard InChI is InChI=1S/C11H9NO2/c12-9-5-8-3-1-2-4-10(8)11(6-9)14-7-13/h1-7H,12H2. The molecular formula is C11H9NO2. The third kappa shape index (κ3) is 1.40. The Bertz CT molecular complexity index is 480. The highest BCUT2D eigenvalue weighted by Gasteiger charge is 2.02. The number of rotatable bonds is 2. The van der Waals surface area contributed by atoms with Crippen molar-refractivity contribution in [2.45, 2.75) is 0 Å². The summed E-state index contributed by atoms with van der Waals surface area (Å²) in [7, 11) is 0. The van der Waals surface area contributed by atoms with Gasteiger partial charge in [-0.15, -0.1) is 0 Å². The molecule has 0 heterocycles. The lowest BCUT2D eigenvalue weighted by Gasteiger charge is -2.05. The number of hydrogen-bond donors (Lipinski definition) is 1. The van der Waals surface area contributed by atoms with E-state index in [1.54, 1.807) is 6.07 Å². The number of nitrogen functional groups attached to an aromatic ring is 1. The zero-order valence-electron chi connectivity index (χ0n) is 7.44. The van der Waals surface area contributed by atoms with Gasteiger partial charge in [-0.3, -0.25) is 4.79 Å². The van der Waals surface area contributed by atoms with Crippen molar-refractivity contribution in [1.82, 2.24) is 0 Å². The van der Waals surface area contributed by atoms with Gasteiger partial charge in [0, 0.05) is 17.1 Å². The molecule has 0 saturated heterocycles. The first-order chi connectivity index (χ1) is 6.81. The molecule has 14 heavy (non-hydrogen) atoms. The van der Waals surface area contributed by atoms with E-state index >= 15 is 0 Å². The maximum Gasteiger partial charge on any atom is 0.298 e. The molecule has 2 aromatic carbocycles. The van der Waals surface area contributed by atoms with Gasteiger partial charge in [-0.05, 0) is 11.5 Å². The summed E-state index contributed by atoms with van der Waals surface area (Å²) in [6.45, 7) is 0.404. The first kappa shape index (κ1) is 8.56. The predicted octanol–water partition coefficient (Wildman–Crippen LogP) is 1.96. The summed E-state index contributed by atoms with van der Waals surface area (Å²) in [5.74, 6) is 0.496. The van der Waals surface area contributed by atoms with E-state index in [2.05, 4.69) is 0 Å². The van der Waals surface area contributed by atoms with Crippen molar-refractivity contribution in [3.63, 3.8) is 0 Å². The lowest BCUT2D eigenvalue weighted by Crippen LogP contribution is -1.92. The fourth-order valence-corrected chi connectivity index (χ4v) is 1.45. The quantitative estimate of drug-likeness (QED) is 0.577. The van der Waals surface area contributed by atoms with Crippen LogP contribution in [-0.4, -0.2) is 6.47 Å². The molecule has 0 amide bonds. The fourth-order valence-electron chi connectivity index (χ4n) is 1.45. The minimum absolute atomic E-state index is 0.404. The van der Waals surface area contributed by atoms with Gasteiger partial charge < -0.3 is 10.5 Å². The molecule has 0 aliphatic carbocycles. The molecule has 0 aliphatic heterocycles. The summed E-state index contributed by atoms with van der Waals surface area (Å²) in [6.07, 6.45) is 0. The molecule has 2 N–H and O–H groups in total. The number of anilines is 1. The zero-order chi connectivity index (χ0) is 9.97. The Hall–Kier alpha value is -2.03. The normalized spacial score (nSPS) is 10.0. The van der Waals surface area contributed by atoms with E-state index in [-0.39, 0.29) is 0 Å². The maximum absolute atomic E-state index is 10.3. The molecule has 0 saturated carbocycles. The Morgan fingerprint density at radius 2 is 2.00 bits per heavy atom. The average molecular weight is 187 g/mol. The summed E-state index contributed by atoms with van der Waals surface area (Å²) in [5, 5.41) is 1.85. The van der Waals surface area contributed by atoms with Crippen LogP contribution in [0.1, 0.15) is 0 Å². The first-order valence-corrected chi connectivity index (χ1v) is 4.20. The van der Waals surface area contributed by atoms with Crippen LogP contribution in [0.4, 0.5) is 5.69 Å². The van der Waals surface area contributed by atoms with Crippen molar-refractivity contribution in [2.75, 3.05) is 5.73 Å². The van der Waals surface area contributed by atoms with Crippen LogP contribution >= 0.6 is 0 Å². The van der Waals surface area contributed by atoms with Crippen LogP contribution in [0.2, 0.25) is 0 Å². The van der Waals surface area contributed by atoms with Gasteiger partial charge in [0.2, 0.25) is 0 Å². The molecule has 0 fully saturated rings. The Balaban J connectivity index is 2.73. The van der Waals surface area contributed by atoms with Crippen molar-refractivity contribution in [3.8, 4) is 5.75 Å². The number of carbonyl (C=O) groups is 1. The maximum atomic E-state index is 10.3. The summed E-state index contributed by atoms with van der Waals surface area (Å²) >= 11 is 0. The third-order valence-corrected chi connectivity index (χ3v) is 2.02. The summed E-state index contributed by atoms with van der Waals surface area (Å²) in [5.41, 5.74) is 6.24. The van der Waals surface area contributed by atoms with Gasteiger partial charge in [0.15, 0.2) is 0 Å². The third-order valence-electron chi connectivity index (χ3n) is 2.02. The van der Waals surface area contributed by atoms with Gasteiger partial charge in [-0.1, -0.05) is 24.3 Å². The van der Waals surface area contributed by atoms with Gasteiger partial charge in [0.1, 0.15) is 5.75 Å². The molecule has 0 unspecified atom stereocenters. The molecule has 0 bridgehead atoms. The second-order valence-electron chi connectivity index (χ2n) is 2.95. The van der Waals surface area contributed by atoms with E-state index in [9.17, 15) is 4.79 Å². The minimum atomic E-state index is 0.404. The lowest BCUT2D eigenvalue weighted by atomic mass is 10.1. The second kappa shape index (κ2) is 3.38. The van der Waals surface area contributed by atoms with E-state index in [0.717, 1.165) is 10.8 Å². The molecule has 70 valence electrons. The number of benzene rings is 2. The topological polar surface area (TPSA) is 52.3 Å². The van der Waals surface area contributed by atoms with Gasteiger partial charge in [0.05, 0.1) is 0 Å². The number of carbonyl (C=O) groups excluding carboxylic acids is 1. The van der Waals surface area contributed by atoms with Crippen molar-refractivity contribution >= 4 is 22.9 Å². The molecular weight excluding hydrogens is 178 g/mol. The van der Waals surface area contributed by atoms with Crippen molar-refractivity contribution in [3.05, 3.63) is 36.4 Å². The Morgan fingerprint density at radius 3 is 2.79 bits per heavy atom.